The Morgan fingerprint density at radius 3 is 0.733 bits per heavy atom. The predicted molar refractivity (Wildman–Crippen MR) is 46.9 cm³/mol. The number of phosphoric acid groups is 2. The van der Waals surface area contributed by atoms with Gasteiger partial charge < -0.3 is 52.4 Å². The average molecular weight is 286 g/mol. The van der Waals surface area contributed by atoms with E-state index in [0.29, 0.717) is 0 Å². The van der Waals surface area contributed by atoms with Crippen molar-refractivity contribution in [3.05, 3.63) is 0 Å². The Labute approximate surface area is 82.6 Å². The third-order valence-electron chi connectivity index (χ3n) is 0.213. The molecule has 0 aliphatic rings. The molecule has 0 spiro atoms. The van der Waals surface area contributed by atoms with Gasteiger partial charge in [-0.3, -0.25) is 0 Å². The van der Waals surface area contributed by atoms with Crippen LogP contribution in [0.25, 0.3) is 0 Å². The molecule has 0 aromatic rings. The van der Waals surface area contributed by atoms with Gasteiger partial charge in [0.2, 0.25) is 0 Å². The van der Waals surface area contributed by atoms with Crippen LogP contribution in [0, 0.1) is 0 Å². The van der Waals surface area contributed by atoms with Crippen LogP contribution in [0.4, 0.5) is 0 Å². The maximum atomic E-state index is 9.63. The third kappa shape index (κ3) is 55.9. The molecule has 15 heteroatoms. The zero-order valence-corrected chi connectivity index (χ0v) is 8.70. The molecule has 0 atom stereocenters. The first-order valence-electron chi connectivity index (χ1n) is 1.53. The monoisotopic (exact) mass is 286 g/mol. The van der Waals surface area contributed by atoms with E-state index in [9.17, 15) is 9.13 Å². The van der Waals surface area contributed by atoms with E-state index >= 15 is 0 Å². The number of rotatable bonds is 2. The molecule has 0 radical (unpaired) electrons. The Hall–Kier alpha value is 0.0200. The Morgan fingerprint density at radius 1 is 0.600 bits per heavy atom. The van der Waals surface area contributed by atoms with Crippen LogP contribution in [0.15, 0.2) is 0 Å². The Morgan fingerprint density at radius 2 is 0.733 bits per heavy atom. The second kappa shape index (κ2) is 14.0. The van der Waals surface area contributed by atoms with E-state index in [2.05, 4.69) is 4.31 Å². The van der Waals surface area contributed by atoms with E-state index in [0.717, 1.165) is 0 Å². The molecule has 0 bridgehead atoms. The Kier molecular flexibility index (Phi) is 42.9. The van der Waals surface area contributed by atoms with Crippen molar-refractivity contribution >= 4 is 15.6 Å². The molecule has 0 rings (SSSR count). The molecule has 0 heterocycles. The summed E-state index contributed by atoms with van der Waals surface area (Å²) in [6.07, 6.45) is 0. The molecule has 0 aliphatic heterocycles. The summed E-state index contributed by atoms with van der Waals surface area (Å²) in [6, 6.07) is 0. The summed E-state index contributed by atoms with van der Waals surface area (Å²) in [5.74, 6) is 0. The lowest BCUT2D eigenvalue weighted by Gasteiger charge is -2.03. The first-order chi connectivity index (χ1) is 3.71. The van der Waals surface area contributed by atoms with E-state index in [1.807, 2.05) is 0 Å². The van der Waals surface area contributed by atoms with E-state index in [1.54, 1.807) is 0 Å². The molecule has 15 heavy (non-hydrogen) atoms. The maximum absolute atomic E-state index is 9.63. The van der Waals surface area contributed by atoms with Crippen LogP contribution < -0.4 is 0 Å². The van der Waals surface area contributed by atoms with Crippen molar-refractivity contribution in [2.24, 2.45) is 0 Å². The fraction of sp³-hybridized carbons (Fsp3) is 0. The minimum atomic E-state index is -5.05. The van der Waals surface area contributed by atoms with Gasteiger partial charge >= 0.3 is 15.6 Å². The molecule has 0 aromatic carbocycles. The number of hydrogen-bond acceptors (Lipinski definition) is 3. The van der Waals surface area contributed by atoms with E-state index in [4.69, 9.17) is 19.6 Å². The Bertz CT molecular complexity index is 149. The molecule has 0 aliphatic carbocycles. The molecule has 0 amide bonds. The Balaban J connectivity index is -0.0000000213. The van der Waals surface area contributed by atoms with Crippen LogP contribution in [-0.2, 0) is 13.4 Å². The van der Waals surface area contributed by atoms with Crippen LogP contribution in [0.3, 0.4) is 0 Å². The third-order valence-corrected chi connectivity index (χ3v) is 1.91. The van der Waals surface area contributed by atoms with Crippen molar-refractivity contribution in [1.29, 1.82) is 0 Å². The first kappa shape index (κ1) is 45.9. The minimum Gasteiger partial charge on any atom is -0.412 e. The molecule has 0 saturated heterocycles. The van der Waals surface area contributed by atoms with Gasteiger partial charge in [-0.05, 0) is 0 Å². The van der Waals surface area contributed by atoms with Crippen molar-refractivity contribution in [2.45, 2.75) is 0 Å². The molecule has 104 valence electrons. The summed E-state index contributed by atoms with van der Waals surface area (Å²) < 4.78 is 22.2. The van der Waals surface area contributed by atoms with E-state index in [-0.39, 0.29) is 32.9 Å². The molecular weight excluding hydrogens is 270 g/mol. The standard InChI is InChI=1S/H4O7P2.6H2O/c1-8(2,3)7-9(4,5)6;;;;;;/h(H2,1,2,3)(H2,4,5,6);6*1H2. The smallest absolute Gasteiger partial charge is 0.412 e. The summed E-state index contributed by atoms with van der Waals surface area (Å²) in [4.78, 5) is 31.0. The van der Waals surface area contributed by atoms with Crippen molar-refractivity contribution in [3.63, 3.8) is 0 Å². The van der Waals surface area contributed by atoms with Crippen LogP contribution in [0.1, 0.15) is 0 Å². The quantitative estimate of drug-likeness (QED) is 0.355. The van der Waals surface area contributed by atoms with Gasteiger partial charge in [0.15, 0.2) is 0 Å². The van der Waals surface area contributed by atoms with Gasteiger partial charge in [0.1, 0.15) is 0 Å². The topological polar surface area (TPSA) is 313 Å². The van der Waals surface area contributed by atoms with Crippen LogP contribution in [0.2, 0.25) is 0 Å². The first-order valence-corrected chi connectivity index (χ1v) is 4.59. The zero-order chi connectivity index (χ0) is 7.71. The second-order valence-electron chi connectivity index (χ2n) is 1.06. The lowest BCUT2D eigenvalue weighted by atomic mass is 15.7. The maximum Gasteiger partial charge on any atom is 0.478 e. The van der Waals surface area contributed by atoms with Crippen LogP contribution in [0.5, 0.6) is 0 Å². The van der Waals surface area contributed by atoms with Crippen molar-refractivity contribution in [2.75, 3.05) is 0 Å². The highest BCUT2D eigenvalue weighted by molar-refractivity contribution is 7.60. The average Bonchev–Trinajstić information content (AvgIpc) is 1.14. The van der Waals surface area contributed by atoms with Crippen LogP contribution in [-0.4, -0.2) is 52.4 Å². The highest BCUT2D eigenvalue weighted by atomic mass is 31.3. The van der Waals surface area contributed by atoms with Gasteiger partial charge in [-0.2, -0.15) is 4.31 Å². The molecule has 0 aromatic heterocycles. The van der Waals surface area contributed by atoms with E-state index in [1.165, 1.54) is 0 Å². The lowest BCUT2D eigenvalue weighted by Crippen LogP contribution is -1.84. The molecule has 16 N–H and O–H groups in total. The summed E-state index contributed by atoms with van der Waals surface area (Å²) >= 11 is 0. The van der Waals surface area contributed by atoms with Gasteiger partial charge in [-0.25, -0.2) is 9.13 Å². The fourth-order valence-corrected chi connectivity index (χ4v) is 1.25. The highest BCUT2D eigenvalue weighted by Crippen LogP contribution is 2.53. The summed E-state index contributed by atoms with van der Waals surface area (Å²) in [5.41, 5.74) is 0. The SMILES string of the molecule is O.O.O.O.O.O.O=P(O)(O)OP(=O)(O)O. The summed E-state index contributed by atoms with van der Waals surface area (Å²) in [5, 5.41) is 0. The second-order valence-corrected chi connectivity index (χ2v) is 3.68. The highest BCUT2D eigenvalue weighted by Gasteiger charge is 2.27. The largest absolute Gasteiger partial charge is 0.478 e. The normalized spacial score (nSPS) is 8.27. The molecule has 0 saturated carbocycles. The summed E-state index contributed by atoms with van der Waals surface area (Å²) in [7, 11) is -10.1. The van der Waals surface area contributed by atoms with Crippen molar-refractivity contribution < 1.29 is 65.9 Å². The van der Waals surface area contributed by atoms with Gasteiger partial charge in [-0.1, -0.05) is 0 Å². The van der Waals surface area contributed by atoms with E-state index < -0.39 is 15.6 Å². The summed E-state index contributed by atoms with van der Waals surface area (Å²) in [6.45, 7) is 0. The van der Waals surface area contributed by atoms with Gasteiger partial charge in [0.25, 0.3) is 0 Å². The minimum absolute atomic E-state index is 0. The lowest BCUT2D eigenvalue weighted by molar-refractivity contribution is 0.225. The van der Waals surface area contributed by atoms with Crippen LogP contribution >= 0.6 is 15.6 Å². The van der Waals surface area contributed by atoms with Gasteiger partial charge in [0, 0.05) is 0 Å². The molecule has 13 nitrogen and oxygen atoms in total. The molecular formula is H16O13P2. The molecule has 0 unspecified atom stereocenters. The van der Waals surface area contributed by atoms with Crippen molar-refractivity contribution in [3.8, 4) is 0 Å². The number of hydrogen-bond donors (Lipinski definition) is 4. The molecule has 0 fully saturated rings. The van der Waals surface area contributed by atoms with Crippen molar-refractivity contribution in [1.82, 2.24) is 0 Å². The van der Waals surface area contributed by atoms with Gasteiger partial charge in [0.05, 0.1) is 0 Å². The van der Waals surface area contributed by atoms with Gasteiger partial charge in [-0.15, -0.1) is 0 Å². The zero-order valence-electron chi connectivity index (χ0n) is 6.91. The fourth-order valence-electron chi connectivity index (χ4n) is 0.139. The predicted octanol–water partition coefficient (Wildman–Crippen LogP) is -5.76.